The van der Waals surface area contributed by atoms with E-state index >= 15 is 0 Å². The van der Waals surface area contributed by atoms with Gasteiger partial charge in [-0.3, -0.25) is 14.1 Å². The molecule has 0 aliphatic heterocycles. The maximum atomic E-state index is 12.3. The largest absolute Gasteiger partial charge is 0.469 e. The van der Waals surface area contributed by atoms with Gasteiger partial charge in [0.15, 0.2) is 6.10 Å². The van der Waals surface area contributed by atoms with E-state index in [1.165, 1.54) is 6.42 Å². The maximum Gasteiger partial charge on any atom is 0.469 e. The van der Waals surface area contributed by atoms with E-state index in [0.717, 1.165) is 89.9 Å². The zero-order valence-electron chi connectivity index (χ0n) is 28.0. The molecular weight excluding hydrogens is 591 g/mol. The molecule has 0 fully saturated rings. The van der Waals surface area contributed by atoms with Crippen molar-refractivity contribution in [3.8, 4) is 0 Å². The number of esters is 2. The van der Waals surface area contributed by atoms with E-state index in [0.29, 0.717) is 12.8 Å². The second kappa shape index (κ2) is 31.7. The van der Waals surface area contributed by atoms with Crippen LogP contribution in [0.5, 0.6) is 0 Å². The second-order valence-corrected chi connectivity index (χ2v) is 12.3. The Labute approximate surface area is 273 Å². The van der Waals surface area contributed by atoms with Crippen molar-refractivity contribution in [2.45, 2.75) is 142 Å². The number of rotatable bonds is 30. The Morgan fingerprint density at radius 1 is 0.600 bits per heavy atom. The lowest BCUT2D eigenvalue weighted by Crippen LogP contribution is -2.29. The molecule has 45 heavy (non-hydrogen) atoms. The third-order valence-electron chi connectivity index (χ3n) is 6.75. The highest BCUT2D eigenvalue weighted by molar-refractivity contribution is 7.46. The summed E-state index contributed by atoms with van der Waals surface area (Å²) in [5.41, 5.74) is 0. The predicted octanol–water partition coefficient (Wildman–Crippen LogP) is 9.78. The van der Waals surface area contributed by atoms with Crippen LogP contribution in [0.15, 0.2) is 60.8 Å². The molecule has 0 spiro atoms. The fraction of sp³-hybridized carbons (Fsp3) is 0.667. The highest BCUT2D eigenvalue weighted by Crippen LogP contribution is 2.35. The van der Waals surface area contributed by atoms with Crippen LogP contribution >= 0.6 is 7.82 Å². The standard InChI is InChI=1S/C36H61O8P/c1-3-5-7-9-11-13-15-16-17-18-19-20-21-23-25-27-29-31-36(38)44-34(33-43-45(39,40)41)32-42-35(37)30-28-26-24-22-14-12-10-8-6-4-2/h5,7-8,10-11,13,16-17,19-20,34H,3-4,6,9,12,14-15,18,21-33H2,1-2H3,(H2,39,40,41)/b7-5-,10-8-,13-11-,17-16-,20-19-. The van der Waals surface area contributed by atoms with Crippen molar-refractivity contribution in [3.63, 3.8) is 0 Å². The predicted molar refractivity (Wildman–Crippen MR) is 184 cm³/mol. The molecule has 1 atom stereocenters. The number of ether oxygens (including phenoxy) is 2. The van der Waals surface area contributed by atoms with Crippen LogP contribution in [0.2, 0.25) is 0 Å². The Hall–Kier alpha value is -2.25. The molecular formula is C36H61O8P. The van der Waals surface area contributed by atoms with Crippen molar-refractivity contribution in [1.82, 2.24) is 0 Å². The Balaban J connectivity index is 4.08. The Bertz CT molecular complexity index is 916. The Kier molecular flexibility index (Phi) is 30.1. The zero-order chi connectivity index (χ0) is 33.3. The first-order valence-corrected chi connectivity index (χ1v) is 18.6. The highest BCUT2D eigenvalue weighted by Gasteiger charge is 2.22. The Morgan fingerprint density at radius 3 is 1.62 bits per heavy atom. The van der Waals surface area contributed by atoms with E-state index in [-0.39, 0.29) is 19.4 Å². The number of hydrogen-bond acceptors (Lipinski definition) is 6. The van der Waals surface area contributed by atoms with Gasteiger partial charge in [0.05, 0.1) is 6.61 Å². The van der Waals surface area contributed by atoms with Gasteiger partial charge in [0.1, 0.15) is 6.61 Å². The maximum absolute atomic E-state index is 12.3. The number of unbranched alkanes of at least 4 members (excludes halogenated alkanes) is 10. The molecule has 0 aromatic carbocycles. The summed E-state index contributed by atoms with van der Waals surface area (Å²) in [6, 6.07) is 0. The number of phosphoric ester groups is 1. The molecule has 0 rings (SSSR count). The van der Waals surface area contributed by atoms with Crippen molar-refractivity contribution < 1.29 is 37.9 Å². The third-order valence-corrected chi connectivity index (χ3v) is 7.24. The van der Waals surface area contributed by atoms with Crippen LogP contribution in [0.25, 0.3) is 0 Å². The van der Waals surface area contributed by atoms with E-state index in [4.69, 9.17) is 19.3 Å². The third kappa shape index (κ3) is 34.5. The molecule has 0 radical (unpaired) electrons. The summed E-state index contributed by atoms with van der Waals surface area (Å²) in [6.45, 7) is 3.44. The summed E-state index contributed by atoms with van der Waals surface area (Å²) in [5, 5.41) is 0. The summed E-state index contributed by atoms with van der Waals surface area (Å²) in [4.78, 5) is 42.5. The van der Waals surface area contributed by atoms with Gasteiger partial charge in [0.2, 0.25) is 0 Å². The van der Waals surface area contributed by atoms with Crippen molar-refractivity contribution in [3.05, 3.63) is 60.8 Å². The van der Waals surface area contributed by atoms with Crippen LogP contribution in [-0.2, 0) is 28.2 Å². The molecule has 0 aliphatic rings. The van der Waals surface area contributed by atoms with Crippen LogP contribution in [0, 0.1) is 0 Å². The SMILES string of the molecule is CC/C=C\C/C=C\C/C=C\C/C=C\CCCCCCC(=O)OC(COC(=O)CCCCCCC/C=C\CCC)COP(=O)(O)O. The molecule has 0 bridgehead atoms. The van der Waals surface area contributed by atoms with Crippen molar-refractivity contribution in [1.29, 1.82) is 0 Å². The lowest BCUT2D eigenvalue weighted by molar-refractivity contribution is -0.161. The van der Waals surface area contributed by atoms with E-state index in [2.05, 4.69) is 79.1 Å². The molecule has 0 heterocycles. The highest BCUT2D eigenvalue weighted by atomic mass is 31.2. The lowest BCUT2D eigenvalue weighted by Gasteiger charge is -2.18. The minimum Gasteiger partial charge on any atom is -0.462 e. The van der Waals surface area contributed by atoms with Gasteiger partial charge in [-0.2, -0.15) is 0 Å². The molecule has 258 valence electrons. The average molecular weight is 653 g/mol. The molecule has 0 amide bonds. The fourth-order valence-corrected chi connectivity index (χ4v) is 4.61. The second-order valence-electron chi connectivity index (χ2n) is 11.1. The summed E-state index contributed by atoms with van der Waals surface area (Å²) >= 11 is 0. The number of allylic oxidation sites excluding steroid dienone is 10. The number of carbonyl (C=O) groups excluding carboxylic acids is 2. The van der Waals surface area contributed by atoms with Crippen LogP contribution in [0.1, 0.15) is 136 Å². The number of carbonyl (C=O) groups is 2. The van der Waals surface area contributed by atoms with Crippen LogP contribution < -0.4 is 0 Å². The molecule has 0 saturated carbocycles. The molecule has 0 aliphatic carbocycles. The quantitative estimate of drug-likeness (QED) is 0.0341. The molecule has 9 heteroatoms. The van der Waals surface area contributed by atoms with Gasteiger partial charge in [-0.05, 0) is 70.6 Å². The molecule has 0 saturated heterocycles. The average Bonchev–Trinajstić information content (AvgIpc) is 3.00. The summed E-state index contributed by atoms with van der Waals surface area (Å²) in [7, 11) is -4.76. The van der Waals surface area contributed by atoms with E-state index in [9.17, 15) is 14.2 Å². The minimum atomic E-state index is -4.76. The van der Waals surface area contributed by atoms with Crippen molar-refractivity contribution in [2.24, 2.45) is 0 Å². The van der Waals surface area contributed by atoms with Crippen molar-refractivity contribution >= 4 is 19.8 Å². The first kappa shape index (κ1) is 42.8. The first-order chi connectivity index (χ1) is 21.8. The van der Waals surface area contributed by atoms with Gasteiger partial charge in [-0.25, -0.2) is 4.57 Å². The topological polar surface area (TPSA) is 119 Å². The molecule has 1 unspecified atom stereocenters. The fourth-order valence-electron chi connectivity index (χ4n) is 4.25. The summed E-state index contributed by atoms with van der Waals surface area (Å²) in [6.07, 6.45) is 38.0. The molecule has 0 aromatic heterocycles. The van der Waals surface area contributed by atoms with Gasteiger partial charge in [-0.1, -0.05) is 113 Å². The molecule has 0 aromatic rings. The molecule has 2 N–H and O–H groups in total. The smallest absolute Gasteiger partial charge is 0.462 e. The summed E-state index contributed by atoms with van der Waals surface area (Å²) < 4.78 is 26.2. The van der Waals surface area contributed by atoms with Crippen LogP contribution in [0.4, 0.5) is 0 Å². The number of phosphoric acid groups is 1. The normalized spacial score (nSPS) is 13.2. The monoisotopic (exact) mass is 652 g/mol. The van der Waals surface area contributed by atoms with Gasteiger partial charge in [0, 0.05) is 12.8 Å². The first-order valence-electron chi connectivity index (χ1n) is 17.1. The van der Waals surface area contributed by atoms with E-state index in [1.54, 1.807) is 0 Å². The Morgan fingerprint density at radius 2 is 1.07 bits per heavy atom. The molecule has 8 nitrogen and oxygen atoms in total. The zero-order valence-corrected chi connectivity index (χ0v) is 28.9. The van der Waals surface area contributed by atoms with Gasteiger partial charge < -0.3 is 19.3 Å². The summed E-state index contributed by atoms with van der Waals surface area (Å²) in [5.74, 6) is -0.933. The van der Waals surface area contributed by atoms with Crippen LogP contribution in [0.3, 0.4) is 0 Å². The van der Waals surface area contributed by atoms with Crippen molar-refractivity contribution in [2.75, 3.05) is 13.2 Å². The minimum absolute atomic E-state index is 0.179. The van der Waals surface area contributed by atoms with Gasteiger partial charge in [-0.15, -0.1) is 0 Å². The number of hydrogen-bond donors (Lipinski definition) is 2. The lowest BCUT2D eigenvalue weighted by atomic mass is 10.1. The van der Waals surface area contributed by atoms with E-state index < -0.39 is 32.5 Å². The van der Waals surface area contributed by atoms with E-state index in [1.807, 2.05) is 0 Å². The van der Waals surface area contributed by atoms with Gasteiger partial charge in [0.25, 0.3) is 0 Å². The van der Waals surface area contributed by atoms with Gasteiger partial charge >= 0.3 is 19.8 Å². The van der Waals surface area contributed by atoms with Crippen LogP contribution in [-0.4, -0.2) is 41.0 Å².